The SMILES string of the molecule is CCO[Si](OCC)(OCC)c1ccc(-c2ccccn2)nc1.CCO[Si](OCC)(OCC)c1ccc(-c2ccccn2)nc1.[Cl][Mn]. The van der Waals surface area contributed by atoms with E-state index < -0.39 is 17.6 Å². The molecule has 0 radical (unpaired) electrons. The van der Waals surface area contributed by atoms with E-state index in [2.05, 4.69) is 45.1 Å². The van der Waals surface area contributed by atoms with E-state index in [1.807, 2.05) is 102 Å². The Morgan fingerprint density at radius 1 is 0.457 bits per heavy atom. The monoisotopic (exact) mass is 726 g/mol. The van der Waals surface area contributed by atoms with Gasteiger partial charge >= 0.3 is 42.8 Å². The molecule has 10 nitrogen and oxygen atoms in total. The van der Waals surface area contributed by atoms with Gasteiger partial charge in [-0.1, -0.05) is 24.3 Å². The van der Waals surface area contributed by atoms with E-state index >= 15 is 0 Å². The van der Waals surface area contributed by atoms with Gasteiger partial charge in [0.05, 0.1) is 22.8 Å². The van der Waals surface area contributed by atoms with Crippen molar-refractivity contribution in [3.8, 4) is 22.8 Å². The van der Waals surface area contributed by atoms with Crippen LogP contribution in [0.3, 0.4) is 0 Å². The van der Waals surface area contributed by atoms with Crippen molar-refractivity contribution < 1.29 is 41.7 Å². The summed E-state index contributed by atoms with van der Waals surface area (Å²) in [4.78, 5) is 17.6. The van der Waals surface area contributed by atoms with Gasteiger partial charge in [-0.15, -0.1) is 0 Å². The van der Waals surface area contributed by atoms with Crippen molar-refractivity contribution in [2.24, 2.45) is 0 Å². The third kappa shape index (κ3) is 11.4. The first-order valence-corrected chi connectivity index (χ1v) is 20.3. The Morgan fingerprint density at radius 2 is 0.761 bits per heavy atom. The first-order chi connectivity index (χ1) is 22.5. The van der Waals surface area contributed by atoms with Crippen LogP contribution >= 0.6 is 10.1 Å². The topological polar surface area (TPSA) is 107 Å². The number of halogens is 1. The van der Waals surface area contributed by atoms with Crippen LogP contribution in [0.15, 0.2) is 85.5 Å². The van der Waals surface area contributed by atoms with E-state index in [9.17, 15) is 0 Å². The Labute approximate surface area is 288 Å². The van der Waals surface area contributed by atoms with Crippen LogP contribution < -0.4 is 10.4 Å². The summed E-state index contributed by atoms with van der Waals surface area (Å²) >= 11 is 2.41. The molecule has 4 rings (SSSR count). The van der Waals surface area contributed by atoms with E-state index in [0.29, 0.717) is 39.6 Å². The zero-order valence-corrected chi connectivity index (χ0v) is 31.3. The van der Waals surface area contributed by atoms with Crippen molar-refractivity contribution in [3.05, 3.63) is 85.5 Å². The third-order valence-corrected chi connectivity index (χ3v) is 12.1. The molecule has 0 aliphatic rings. The summed E-state index contributed by atoms with van der Waals surface area (Å²) in [5.74, 6) is 0. The molecule has 0 aliphatic heterocycles. The zero-order chi connectivity index (χ0) is 33.7. The van der Waals surface area contributed by atoms with E-state index in [4.69, 9.17) is 26.6 Å². The molecule has 46 heavy (non-hydrogen) atoms. The normalized spacial score (nSPS) is 11.2. The van der Waals surface area contributed by atoms with Crippen LogP contribution in [-0.2, 0) is 41.7 Å². The number of rotatable bonds is 16. The van der Waals surface area contributed by atoms with Crippen molar-refractivity contribution in [3.63, 3.8) is 0 Å². The predicted octanol–water partition coefficient (Wildman–Crippen LogP) is 5.49. The van der Waals surface area contributed by atoms with E-state index in [1.54, 1.807) is 24.8 Å². The molecule has 0 fully saturated rings. The van der Waals surface area contributed by atoms with E-state index in [1.165, 1.54) is 0 Å². The minimum atomic E-state index is -2.88. The molecule has 0 saturated carbocycles. The second kappa shape index (κ2) is 22.2. The molecule has 0 spiro atoms. The van der Waals surface area contributed by atoms with Gasteiger partial charge in [-0.3, -0.25) is 19.9 Å². The van der Waals surface area contributed by atoms with Crippen molar-refractivity contribution >= 4 is 38.1 Å². The van der Waals surface area contributed by atoms with Crippen LogP contribution in [0.4, 0.5) is 0 Å². The van der Waals surface area contributed by atoms with Gasteiger partial charge in [0, 0.05) is 74.8 Å². The summed E-state index contributed by atoms with van der Waals surface area (Å²) in [6.07, 6.45) is 7.06. The Morgan fingerprint density at radius 3 is 0.978 bits per heavy atom. The number of aromatic nitrogens is 4. The van der Waals surface area contributed by atoms with Gasteiger partial charge < -0.3 is 26.6 Å². The average Bonchev–Trinajstić information content (AvgIpc) is 3.11. The summed E-state index contributed by atoms with van der Waals surface area (Å²) in [5.41, 5.74) is 3.31. The molecule has 14 heteroatoms. The molecule has 0 atom stereocenters. The van der Waals surface area contributed by atoms with Crippen molar-refractivity contribution in [1.82, 2.24) is 19.9 Å². The summed E-state index contributed by atoms with van der Waals surface area (Å²) in [6, 6.07) is 19.3. The van der Waals surface area contributed by atoms with Gasteiger partial charge in [0.15, 0.2) is 0 Å². The fourth-order valence-electron chi connectivity index (χ4n) is 4.37. The second-order valence-electron chi connectivity index (χ2n) is 9.00. The first kappa shape index (κ1) is 39.8. The molecule has 250 valence electrons. The Hall–Kier alpha value is -2.40. The molecular weight excluding hydrogens is 683 g/mol. The molecular formula is C32H44ClMnN4O6Si2. The number of nitrogens with zero attached hydrogens (tertiary/aromatic N) is 4. The third-order valence-electron chi connectivity index (χ3n) is 6.09. The Balaban J connectivity index is 0.000000304. The molecule has 0 aromatic carbocycles. The molecule has 4 heterocycles. The van der Waals surface area contributed by atoms with E-state index in [0.717, 1.165) is 33.1 Å². The van der Waals surface area contributed by atoms with Crippen LogP contribution in [0.25, 0.3) is 22.8 Å². The number of pyridine rings is 4. The molecule has 0 N–H and O–H groups in total. The van der Waals surface area contributed by atoms with Crippen LogP contribution in [-0.4, -0.2) is 77.2 Å². The minimum absolute atomic E-state index is 0.536. The summed E-state index contributed by atoms with van der Waals surface area (Å²) in [7, 11) is -1.31. The predicted molar refractivity (Wildman–Crippen MR) is 181 cm³/mol. The van der Waals surface area contributed by atoms with Gasteiger partial charge in [-0.05, 0) is 77.9 Å². The van der Waals surface area contributed by atoms with Gasteiger partial charge in [0.25, 0.3) is 0 Å². The van der Waals surface area contributed by atoms with Gasteiger partial charge in [-0.2, -0.15) is 0 Å². The van der Waals surface area contributed by atoms with Crippen molar-refractivity contribution in [2.75, 3.05) is 39.6 Å². The quantitative estimate of drug-likeness (QED) is 0.138. The van der Waals surface area contributed by atoms with Crippen LogP contribution in [0, 0.1) is 0 Å². The number of hydrogen-bond donors (Lipinski definition) is 0. The molecule has 0 saturated heterocycles. The molecule has 0 bridgehead atoms. The molecule has 4 aromatic rings. The van der Waals surface area contributed by atoms with Crippen molar-refractivity contribution in [2.45, 2.75) is 41.5 Å². The van der Waals surface area contributed by atoms with Gasteiger partial charge in [0.1, 0.15) is 0 Å². The van der Waals surface area contributed by atoms with Crippen LogP contribution in [0.5, 0.6) is 0 Å². The molecule has 0 aliphatic carbocycles. The summed E-state index contributed by atoms with van der Waals surface area (Å²) in [6.45, 7) is 14.9. The Bertz CT molecular complexity index is 1210. The second-order valence-corrected chi connectivity index (χ2v) is 14.1. The average molecular weight is 727 g/mol. The van der Waals surface area contributed by atoms with Crippen molar-refractivity contribution in [1.29, 1.82) is 0 Å². The molecule has 4 aromatic heterocycles. The fourth-order valence-corrected chi connectivity index (χ4v) is 9.17. The molecule has 0 unspecified atom stereocenters. The van der Waals surface area contributed by atoms with Crippen LogP contribution in [0.2, 0.25) is 0 Å². The molecule has 0 amide bonds. The number of hydrogen-bond acceptors (Lipinski definition) is 10. The fraction of sp³-hybridized carbons (Fsp3) is 0.375. The van der Waals surface area contributed by atoms with E-state index in [-0.39, 0.29) is 0 Å². The first-order valence-electron chi connectivity index (χ1n) is 15.2. The standard InChI is InChI=1S/2C16H22N2O3Si.ClH.Mn/c2*1-4-19-22(20-5-2,21-6-3)14-10-11-16(18-13-14)15-9-7-8-12-17-15;;/h2*7-13H,4-6H2,1-3H3;1H;/q;;;+1/p-1. The zero-order valence-electron chi connectivity index (χ0n) is 27.3. The Kier molecular flexibility index (Phi) is 19.2. The maximum atomic E-state index is 5.88. The van der Waals surface area contributed by atoms with Gasteiger partial charge in [0.2, 0.25) is 0 Å². The maximum absolute atomic E-state index is 5.88. The van der Waals surface area contributed by atoms with Gasteiger partial charge in [-0.25, -0.2) is 0 Å². The summed E-state index contributed by atoms with van der Waals surface area (Å²) < 4.78 is 35.3. The summed E-state index contributed by atoms with van der Waals surface area (Å²) in [5, 5.41) is 1.75. The van der Waals surface area contributed by atoms with Crippen LogP contribution in [0.1, 0.15) is 41.5 Å².